The van der Waals surface area contributed by atoms with Gasteiger partial charge in [-0.25, -0.2) is 9.97 Å². The van der Waals surface area contributed by atoms with Crippen molar-refractivity contribution in [2.75, 3.05) is 5.32 Å². The molecule has 0 saturated carbocycles. The Hall–Kier alpha value is -3.73. The molecule has 0 unspecified atom stereocenters. The number of carbonyl (C=O) groups excluding carboxylic acids is 1. The fourth-order valence-electron chi connectivity index (χ4n) is 3.42. The Bertz CT molecular complexity index is 1030. The Morgan fingerprint density at radius 1 is 0.931 bits per heavy atom. The molecule has 0 bridgehead atoms. The summed E-state index contributed by atoms with van der Waals surface area (Å²) in [5, 5.41) is 2.97. The van der Waals surface area contributed by atoms with Crippen LogP contribution in [-0.2, 0) is 4.79 Å². The Balaban J connectivity index is 1.49. The zero-order valence-corrected chi connectivity index (χ0v) is 16.2. The summed E-state index contributed by atoms with van der Waals surface area (Å²) >= 11 is 0. The maximum absolute atomic E-state index is 12.8. The van der Waals surface area contributed by atoms with Crippen LogP contribution < -0.4 is 5.32 Å². The molecule has 0 aliphatic heterocycles. The number of amides is 1. The monoisotopic (exact) mass is 382 g/mol. The van der Waals surface area contributed by atoms with E-state index in [9.17, 15) is 4.79 Å². The molecule has 0 fully saturated rings. The molecule has 4 aromatic rings. The third-order valence-electron chi connectivity index (χ3n) is 4.90. The molecule has 0 spiro atoms. The smallest absolute Gasteiger partial charge is 0.225 e. The van der Waals surface area contributed by atoms with Gasteiger partial charge in [0, 0.05) is 24.7 Å². The van der Waals surface area contributed by atoms with Crippen LogP contribution in [0.1, 0.15) is 29.3 Å². The number of hydrogen-bond acceptors (Lipinski definition) is 3. The molecule has 5 nitrogen and oxygen atoms in total. The van der Waals surface area contributed by atoms with Gasteiger partial charge >= 0.3 is 0 Å². The van der Waals surface area contributed by atoms with E-state index in [0.29, 0.717) is 12.1 Å². The number of aryl methyl sites for hydroxylation is 1. The summed E-state index contributed by atoms with van der Waals surface area (Å²) in [6.45, 7) is 1.92. The van der Waals surface area contributed by atoms with E-state index in [1.54, 1.807) is 12.4 Å². The minimum Gasteiger partial charge on any atom is -0.325 e. The summed E-state index contributed by atoms with van der Waals surface area (Å²) in [7, 11) is 0. The van der Waals surface area contributed by atoms with E-state index < -0.39 is 0 Å². The van der Waals surface area contributed by atoms with Crippen LogP contribution in [0, 0.1) is 6.92 Å². The van der Waals surface area contributed by atoms with Gasteiger partial charge in [0.05, 0.1) is 11.9 Å². The van der Waals surface area contributed by atoms with Crippen LogP contribution in [0.4, 0.5) is 5.69 Å². The van der Waals surface area contributed by atoms with Gasteiger partial charge in [-0.05, 0) is 30.2 Å². The molecule has 144 valence electrons. The van der Waals surface area contributed by atoms with Crippen molar-refractivity contribution in [1.82, 2.24) is 14.5 Å². The van der Waals surface area contributed by atoms with Gasteiger partial charge in [0.1, 0.15) is 11.6 Å². The molecule has 0 aliphatic rings. The molecule has 1 amide bonds. The fraction of sp³-hybridized carbons (Fsp3) is 0.125. The summed E-state index contributed by atoms with van der Waals surface area (Å²) in [4.78, 5) is 21.4. The number of rotatable bonds is 6. The van der Waals surface area contributed by atoms with Crippen molar-refractivity contribution in [2.24, 2.45) is 0 Å². The van der Waals surface area contributed by atoms with Crippen LogP contribution in [0.15, 0.2) is 91.4 Å². The van der Waals surface area contributed by atoms with Crippen molar-refractivity contribution in [3.8, 4) is 5.82 Å². The van der Waals surface area contributed by atoms with Crippen molar-refractivity contribution in [3.05, 3.63) is 108 Å². The average molecular weight is 382 g/mol. The number of aromatic nitrogens is 3. The van der Waals surface area contributed by atoms with Crippen LogP contribution in [0.2, 0.25) is 0 Å². The standard InChI is InChI=1S/C24H22N4O/c1-18-25-14-15-28(18)23-13-12-21(17-26-23)27-24(29)16-22(19-8-4-2-5-9-19)20-10-6-3-7-11-20/h2-15,17,22H,16H2,1H3,(H,27,29). The SMILES string of the molecule is Cc1nccn1-c1ccc(NC(=O)CC(c2ccccc2)c2ccccc2)cn1. The minimum atomic E-state index is -0.0453. The highest BCUT2D eigenvalue weighted by molar-refractivity contribution is 5.91. The summed E-state index contributed by atoms with van der Waals surface area (Å²) < 4.78 is 1.90. The van der Waals surface area contributed by atoms with Crippen molar-refractivity contribution in [1.29, 1.82) is 0 Å². The largest absolute Gasteiger partial charge is 0.325 e. The zero-order valence-electron chi connectivity index (χ0n) is 16.2. The molecule has 4 rings (SSSR count). The Morgan fingerprint density at radius 3 is 2.10 bits per heavy atom. The van der Waals surface area contributed by atoms with Gasteiger partial charge < -0.3 is 5.32 Å². The molecule has 0 radical (unpaired) electrons. The van der Waals surface area contributed by atoms with Gasteiger partial charge in [-0.1, -0.05) is 60.7 Å². The lowest BCUT2D eigenvalue weighted by Crippen LogP contribution is -2.16. The quantitative estimate of drug-likeness (QED) is 0.524. The number of nitrogens with zero attached hydrogens (tertiary/aromatic N) is 3. The first-order valence-electron chi connectivity index (χ1n) is 9.57. The minimum absolute atomic E-state index is 0.00164. The van der Waals surface area contributed by atoms with Gasteiger partial charge in [0.2, 0.25) is 5.91 Å². The maximum Gasteiger partial charge on any atom is 0.225 e. The normalized spacial score (nSPS) is 10.8. The number of anilines is 1. The lowest BCUT2D eigenvalue weighted by Gasteiger charge is -2.18. The molecular weight excluding hydrogens is 360 g/mol. The molecule has 0 aliphatic carbocycles. The fourth-order valence-corrected chi connectivity index (χ4v) is 3.42. The summed E-state index contributed by atoms with van der Waals surface area (Å²) in [6.07, 6.45) is 5.63. The zero-order chi connectivity index (χ0) is 20.1. The number of pyridine rings is 1. The van der Waals surface area contributed by atoms with Crippen LogP contribution in [0.25, 0.3) is 5.82 Å². The van der Waals surface area contributed by atoms with Crippen molar-refractivity contribution >= 4 is 11.6 Å². The van der Waals surface area contributed by atoms with E-state index in [2.05, 4.69) is 39.6 Å². The molecule has 2 aromatic carbocycles. The Morgan fingerprint density at radius 2 is 1.59 bits per heavy atom. The van der Waals surface area contributed by atoms with E-state index in [1.165, 1.54) is 0 Å². The number of nitrogens with one attached hydrogen (secondary N) is 1. The van der Waals surface area contributed by atoms with Crippen molar-refractivity contribution in [2.45, 2.75) is 19.3 Å². The van der Waals surface area contributed by atoms with Crippen LogP contribution in [0.3, 0.4) is 0 Å². The average Bonchev–Trinajstić information content (AvgIpc) is 3.20. The van der Waals surface area contributed by atoms with Gasteiger partial charge in [0.25, 0.3) is 0 Å². The Kier molecular flexibility index (Phi) is 5.47. The topological polar surface area (TPSA) is 59.8 Å². The second kappa shape index (κ2) is 8.52. The van der Waals surface area contributed by atoms with Crippen LogP contribution in [0.5, 0.6) is 0 Å². The summed E-state index contributed by atoms with van der Waals surface area (Å²) in [6, 6.07) is 24.0. The van der Waals surface area contributed by atoms with Gasteiger partial charge in [-0.15, -0.1) is 0 Å². The lowest BCUT2D eigenvalue weighted by atomic mass is 9.88. The number of imidazole rings is 1. The highest BCUT2D eigenvalue weighted by Gasteiger charge is 2.18. The highest BCUT2D eigenvalue weighted by atomic mass is 16.1. The van der Waals surface area contributed by atoms with E-state index in [1.807, 2.05) is 66.2 Å². The third-order valence-corrected chi connectivity index (χ3v) is 4.90. The van der Waals surface area contributed by atoms with Gasteiger partial charge in [-0.3, -0.25) is 9.36 Å². The van der Waals surface area contributed by atoms with E-state index in [-0.39, 0.29) is 11.8 Å². The van der Waals surface area contributed by atoms with Crippen molar-refractivity contribution < 1.29 is 4.79 Å². The van der Waals surface area contributed by atoms with E-state index in [0.717, 1.165) is 22.8 Å². The first kappa shape index (κ1) is 18.6. The second-order valence-corrected chi connectivity index (χ2v) is 6.88. The number of benzene rings is 2. The van der Waals surface area contributed by atoms with Crippen LogP contribution >= 0.6 is 0 Å². The molecular formula is C24H22N4O. The highest BCUT2D eigenvalue weighted by Crippen LogP contribution is 2.28. The van der Waals surface area contributed by atoms with Gasteiger partial charge in [-0.2, -0.15) is 0 Å². The van der Waals surface area contributed by atoms with Gasteiger partial charge in [0.15, 0.2) is 0 Å². The van der Waals surface area contributed by atoms with Crippen LogP contribution in [-0.4, -0.2) is 20.4 Å². The summed E-state index contributed by atoms with van der Waals surface area (Å²) in [5.41, 5.74) is 2.92. The molecule has 2 heterocycles. The molecule has 5 heteroatoms. The number of carbonyl (C=O) groups is 1. The maximum atomic E-state index is 12.8. The summed E-state index contributed by atoms with van der Waals surface area (Å²) in [5.74, 6) is 1.58. The van der Waals surface area contributed by atoms with E-state index in [4.69, 9.17) is 0 Å². The number of hydrogen-bond donors (Lipinski definition) is 1. The predicted molar refractivity (Wildman–Crippen MR) is 114 cm³/mol. The molecule has 29 heavy (non-hydrogen) atoms. The third kappa shape index (κ3) is 4.41. The first-order valence-corrected chi connectivity index (χ1v) is 9.57. The molecule has 1 N–H and O–H groups in total. The second-order valence-electron chi connectivity index (χ2n) is 6.88. The molecule has 0 saturated heterocycles. The predicted octanol–water partition coefficient (Wildman–Crippen LogP) is 4.74. The molecule has 2 aromatic heterocycles. The lowest BCUT2D eigenvalue weighted by molar-refractivity contribution is -0.116. The first-order chi connectivity index (χ1) is 14.2. The molecule has 0 atom stereocenters. The van der Waals surface area contributed by atoms with E-state index >= 15 is 0 Å². The Labute approximate surface area is 170 Å². The van der Waals surface area contributed by atoms with Crippen molar-refractivity contribution in [3.63, 3.8) is 0 Å².